The Bertz CT molecular complexity index is 875. The third kappa shape index (κ3) is 4.15. The van der Waals surface area contributed by atoms with Crippen LogP contribution in [0.4, 0.5) is 5.82 Å². The smallest absolute Gasteiger partial charge is 0.273 e. The third-order valence-corrected chi connectivity index (χ3v) is 4.25. The number of nitrogen functional groups attached to an aromatic ring is 1. The number of hydrogen-bond donors (Lipinski definition) is 2. The molecule has 0 saturated heterocycles. The van der Waals surface area contributed by atoms with Crippen molar-refractivity contribution in [2.75, 3.05) is 5.73 Å². The molecule has 0 aliphatic carbocycles. The SMILES string of the molecule is Cc1cc(N)n(/N=C/c2cc(C(C)(C)C)c(O)c(C(C)(C)C)c2)c(=O)c1. The number of benzene rings is 1. The molecule has 0 fully saturated rings. The van der Waals surface area contributed by atoms with Gasteiger partial charge in [-0.2, -0.15) is 9.78 Å². The van der Waals surface area contributed by atoms with Crippen LogP contribution in [0.3, 0.4) is 0 Å². The van der Waals surface area contributed by atoms with Gasteiger partial charge in [0.15, 0.2) is 0 Å². The number of rotatable bonds is 2. The van der Waals surface area contributed by atoms with Gasteiger partial charge in [0.1, 0.15) is 11.6 Å². The molecule has 0 radical (unpaired) electrons. The summed E-state index contributed by atoms with van der Waals surface area (Å²) < 4.78 is 1.17. The van der Waals surface area contributed by atoms with Gasteiger partial charge in [0.05, 0.1) is 6.21 Å². The van der Waals surface area contributed by atoms with Gasteiger partial charge >= 0.3 is 0 Å². The number of aromatic nitrogens is 1. The van der Waals surface area contributed by atoms with E-state index in [9.17, 15) is 9.90 Å². The Balaban J connectivity index is 2.62. The third-order valence-electron chi connectivity index (χ3n) is 4.25. The first-order valence-electron chi connectivity index (χ1n) is 8.72. The Kier molecular flexibility index (Phi) is 5.04. The van der Waals surface area contributed by atoms with E-state index in [1.807, 2.05) is 19.1 Å². The number of pyridine rings is 1. The molecule has 3 N–H and O–H groups in total. The van der Waals surface area contributed by atoms with Gasteiger partial charge in [-0.15, -0.1) is 0 Å². The average molecular weight is 355 g/mol. The van der Waals surface area contributed by atoms with E-state index in [4.69, 9.17) is 5.73 Å². The minimum absolute atomic E-state index is 0.229. The Hall–Kier alpha value is -2.56. The highest BCUT2D eigenvalue weighted by Gasteiger charge is 2.26. The van der Waals surface area contributed by atoms with Crippen molar-refractivity contribution in [2.24, 2.45) is 5.10 Å². The predicted octanol–water partition coefficient (Wildman–Crippen LogP) is 3.92. The molecular formula is C21H29N3O2. The van der Waals surface area contributed by atoms with Crippen LogP contribution in [0.5, 0.6) is 5.75 Å². The number of phenols is 1. The maximum atomic E-state index is 12.1. The number of nitrogens with two attached hydrogens (primary N) is 1. The van der Waals surface area contributed by atoms with E-state index in [2.05, 4.69) is 46.6 Å². The highest BCUT2D eigenvalue weighted by molar-refractivity contribution is 5.81. The summed E-state index contributed by atoms with van der Waals surface area (Å²) in [5.74, 6) is 0.603. The van der Waals surface area contributed by atoms with E-state index in [-0.39, 0.29) is 22.2 Å². The summed E-state index contributed by atoms with van der Waals surface area (Å²) >= 11 is 0. The first-order chi connectivity index (χ1) is 11.8. The fourth-order valence-electron chi connectivity index (χ4n) is 2.84. The number of nitrogens with zero attached hydrogens (tertiary/aromatic N) is 2. The molecule has 0 amide bonds. The molecule has 2 rings (SSSR count). The molecule has 5 nitrogen and oxygen atoms in total. The lowest BCUT2D eigenvalue weighted by Gasteiger charge is -2.27. The lowest BCUT2D eigenvalue weighted by atomic mass is 9.78. The Morgan fingerprint density at radius 2 is 1.50 bits per heavy atom. The predicted molar refractivity (Wildman–Crippen MR) is 108 cm³/mol. The summed E-state index contributed by atoms with van der Waals surface area (Å²) in [6, 6.07) is 7.01. The van der Waals surface area contributed by atoms with Crippen molar-refractivity contribution in [3.05, 3.63) is 56.9 Å². The molecule has 26 heavy (non-hydrogen) atoms. The van der Waals surface area contributed by atoms with E-state index in [1.54, 1.807) is 12.3 Å². The van der Waals surface area contributed by atoms with Crippen LogP contribution < -0.4 is 11.3 Å². The van der Waals surface area contributed by atoms with E-state index in [1.165, 1.54) is 10.7 Å². The molecule has 5 heteroatoms. The van der Waals surface area contributed by atoms with Crippen molar-refractivity contribution in [3.8, 4) is 5.75 Å². The standard InChI is InChI=1S/C21H29N3O2/c1-13-8-17(22)24(18(25)9-13)23-12-14-10-15(20(2,3)4)19(26)16(11-14)21(5,6)7/h8-12,26H,22H2,1-7H3/b23-12+. The fourth-order valence-corrected chi connectivity index (χ4v) is 2.84. The van der Waals surface area contributed by atoms with E-state index >= 15 is 0 Å². The first-order valence-corrected chi connectivity index (χ1v) is 8.72. The first kappa shape index (κ1) is 19.8. The zero-order chi connectivity index (χ0) is 19.9. The summed E-state index contributed by atoms with van der Waals surface area (Å²) in [5.41, 5.74) is 8.48. The molecule has 140 valence electrons. The molecule has 1 heterocycles. The highest BCUT2D eigenvalue weighted by Crippen LogP contribution is 2.39. The van der Waals surface area contributed by atoms with Gasteiger partial charge in [-0.05, 0) is 47.1 Å². The number of aryl methyl sites for hydroxylation is 1. The minimum atomic E-state index is -0.274. The summed E-state index contributed by atoms with van der Waals surface area (Å²) in [7, 11) is 0. The zero-order valence-electron chi connectivity index (χ0n) is 16.7. The van der Waals surface area contributed by atoms with Crippen molar-refractivity contribution >= 4 is 12.0 Å². The van der Waals surface area contributed by atoms with Gasteiger partial charge in [0.25, 0.3) is 5.56 Å². The molecule has 0 aliphatic heterocycles. The van der Waals surface area contributed by atoms with Crippen molar-refractivity contribution in [1.82, 2.24) is 4.68 Å². The van der Waals surface area contributed by atoms with Crippen LogP contribution in [0.25, 0.3) is 0 Å². The van der Waals surface area contributed by atoms with Crippen LogP contribution in [0, 0.1) is 6.92 Å². The van der Waals surface area contributed by atoms with Crippen LogP contribution in [0.15, 0.2) is 34.2 Å². The molecule has 0 spiro atoms. The van der Waals surface area contributed by atoms with Gasteiger partial charge in [0.2, 0.25) is 0 Å². The molecule has 0 saturated carbocycles. The molecule has 2 aromatic rings. The van der Waals surface area contributed by atoms with E-state index in [0.29, 0.717) is 5.75 Å². The maximum absolute atomic E-state index is 12.1. The summed E-state index contributed by atoms with van der Waals surface area (Å²) in [5, 5.41) is 15.0. The molecule has 0 atom stereocenters. The average Bonchev–Trinajstić information content (AvgIpc) is 2.44. The normalized spacial score (nSPS) is 12.7. The molecule has 0 unspecified atom stereocenters. The van der Waals surface area contributed by atoms with Crippen LogP contribution in [-0.4, -0.2) is 16.0 Å². The van der Waals surface area contributed by atoms with Crippen LogP contribution >= 0.6 is 0 Å². The van der Waals surface area contributed by atoms with Gasteiger partial charge in [0, 0.05) is 17.2 Å². The monoisotopic (exact) mass is 355 g/mol. The molecule has 0 aliphatic rings. The van der Waals surface area contributed by atoms with Crippen molar-refractivity contribution in [3.63, 3.8) is 0 Å². The molecule has 1 aromatic carbocycles. The summed E-state index contributed by atoms with van der Waals surface area (Å²) in [6.45, 7) is 14.1. The van der Waals surface area contributed by atoms with E-state index < -0.39 is 0 Å². The summed E-state index contributed by atoms with van der Waals surface area (Å²) in [4.78, 5) is 12.1. The second-order valence-corrected chi connectivity index (χ2v) is 8.82. The second kappa shape index (κ2) is 6.63. The van der Waals surface area contributed by atoms with Crippen molar-refractivity contribution < 1.29 is 5.11 Å². The number of hydrogen-bond acceptors (Lipinski definition) is 4. The van der Waals surface area contributed by atoms with Gasteiger partial charge in [-0.1, -0.05) is 41.5 Å². The van der Waals surface area contributed by atoms with Crippen molar-refractivity contribution in [2.45, 2.75) is 59.3 Å². The molecule has 0 bridgehead atoms. The second-order valence-electron chi connectivity index (χ2n) is 8.82. The number of phenolic OH excluding ortho intramolecular Hbond substituents is 1. The topological polar surface area (TPSA) is 80.6 Å². The zero-order valence-corrected chi connectivity index (χ0v) is 16.7. The van der Waals surface area contributed by atoms with Gasteiger partial charge < -0.3 is 10.8 Å². The number of aromatic hydroxyl groups is 1. The quantitative estimate of drug-likeness (QED) is 0.801. The maximum Gasteiger partial charge on any atom is 0.273 e. The van der Waals surface area contributed by atoms with E-state index in [0.717, 1.165) is 22.3 Å². The van der Waals surface area contributed by atoms with Gasteiger partial charge in [-0.25, -0.2) is 0 Å². The van der Waals surface area contributed by atoms with Gasteiger partial charge in [-0.3, -0.25) is 4.79 Å². The number of anilines is 1. The van der Waals surface area contributed by atoms with Crippen LogP contribution in [-0.2, 0) is 10.8 Å². The Morgan fingerprint density at radius 1 is 1.00 bits per heavy atom. The summed E-state index contributed by atoms with van der Waals surface area (Å²) in [6.07, 6.45) is 1.61. The lowest BCUT2D eigenvalue weighted by Crippen LogP contribution is -2.20. The lowest BCUT2D eigenvalue weighted by molar-refractivity contribution is 0.423. The Morgan fingerprint density at radius 3 is 1.92 bits per heavy atom. The highest BCUT2D eigenvalue weighted by atomic mass is 16.3. The minimum Gasteiger partial charge on any atom is -0.507 e. The van der Waals surface area contributed by atoms with Crippen LogP contribution in [0.2, 0.25) is 0 Å². The molecular weight excluding hydrogens is 326 g/mol. The molecule has 1 aromatic heterocycles. The van der Waals surface area contributed by atoms with Crippen LogP contribution in [0.1, 0.15) is 63.8 Å². The Labute approximate surface area is 155 Å². The fraction of sp³-hybridized carbons (Fsp3) is 0.429. The largest absolute Gasteiger partial charge is 0.507 e. The van der Waals surface area contributed by atoms with Crippen molar-refractivity contribution in [1.29, 1.82) is 0 Å².